The zero-order chi connectivity index (χ0) is 15.4. The minimum atomic E-state index is -0.203. The first-order valence-corrected chi connectivity index (χ1v) is 6.94. The topological polar surface area (TPSA) is 81.8 Å². The van der Waals surface area contributed by atoms with Crippen molar-refractivity contribution in [1.29, 1.82) is 0 Å². The van der Waals surface area contributed by atoms with Crippen molar-refractivity contribution in [2.45, 2.75) is 13.1 Å². The van der Waals surface area contributed by atoms with Gasteiger partial charge in [-0.2, -0.15) is 0 Å². The predicted molar refractivity (Wildman–Crippen MR) is 81.2 cm³/mol. The predicted octanol–water partition coefficient (Wildman–Crippen LogP) is 0.409. The number of rotatable bonds is 5. The third-order valence-electron chi connectivity index (χ3n) is 3.27. The van der Waals surface area contributed by atoms with Crippen molar-refractivity contribution in [3.05, 3.63) is 59.1 Å². The second-order valence-corrected chi connectivity index (χ2v) is 4.84. The largest absolute Gasteiger partial charge is 0.353 e. The van der Waals surface area contributed by atoms with E-state index in [4.69, 9.17) is 0 Å². The molecule has 7 heteroatoms. The monoisotopic (exact) mass is 297 g/mol. The Balaban J connectivity index is 1.61. The molecule has 3 rings (SSSR count). The SMILES string of the molecule is O=C(Cn1cccc1)NCCn1nnc2ccccc2c1=O. The number of carbonyl (C=O) groups excluding carboxylic acids is 1. The number of fused-ring (bicyclic) bond motifs is 1. The summed E-state index contributed by atoms with van der Waals surface area (Å²) in [5.41, 5.74) is 0.366. The van der Waals surface area contributed by atoms with Crippen LogP contribution < -0.4 is 10.9 Å². The van der Waals surface area contributed by atoms with E-state index in [9.17, 15) is 9.59 Å². The minimum absolute atomic E-state index is 0.113. The number of nitrogens with one attached hydrogen (secondary N) is 1. The lowest BCUT2D eigenvalue weighted by Gasteiger charge is -2.07. The molecule has 3 aromatic rings. The van der Waals surface area contributed by atoms with E-state index in [1.165, 1.54) is 4.68 Å². The summed E-state index contributed by atoms with van der Waals surface area (Å²) < 4.78 is 3.04. The summed E-state index contributed by atoms with van der Waals surface area (Å²) >= 11 is 0. The van der Waals surface area contributed by atoms with Gasteiger partial charge in [0.15, 0.2) is 0 Å². The summed E-state index contributed by atoms with van der Waals surface area (Å²) in [6.07, 6.45) is 3.64. The van der Waals surface area contributed by atoms with Crippen LogP contribution in [0.3, 0.4) is 0 Å². The summed E-state index contributed by atoms with van der Waals surface area (Å²) in [6, 6.07) is 10.8. The van der Waals surface area contributed by atoms with E-state index in [1.807, 2.05) is 30.6 Å². The second kappa shape index (κ2) is 6.21. The molecule has 0 fully saturated rings. The summed E-state index contributed by atoms with van der Waals surface area (Å²) in [7, 11) is 0. The average molecular weight is 297 g/mol. The molecular weight excluding hydrogens is 282 g/mol. The van der Waals surface area contributed by atoms with Gasteiger partial charge < -0.3 is 9.88 Å². The van der Waals surface area contributed by atoms with E-state index < -0.39 is 0 Å². The van der Waals surface area contributed by atoms with Crippen LogP contribution in [0.5, 0.6) is 0 Å². The van der Waals surface area contributed by atoms with Crippen LogP contribution in [0.25, 0.3) is 10.9 Å². The Labute approximate surface area is 126 Å². The molecule has 1 N–H and O–H groups in total. The van der Waals surface area contributed by atoms with Crippen LogP contribution in [0.2, 0.25) is 0 Å². The highest BCUT2D eigenvalue weighted by Gasteiger charge is 2.06. The van der Waals surface area contributed by atoms with Crippen molar-refractivity contribution in [2.75, 3.05) is 6.54 Å². The van der Waals surface area contributed by atoms with Gasteiger partial charge in [0.1, 0.15) is 12.1 Å². The normalized spacial score (nSPS) is 10.7. The first-order chi connectivity index (χ1) is 10.7. The van der Waals surface area contributed by atoms with E-state index >= 15 is 0 Å². The second-order valence-electron chi connectivity index (χ2n) is 4.84. The molecule has 0 spiro atoms. The van der Waals surface area contributed by atoms with Crippen molar-refractivity contribution in [3.63, 3.8) is 0 Å². The van der Waals surface area contributed by atoms with Crippen LogP contribution in [0, 0.1) is 0 Å². The molecule has 0 aliphatic carbocycles. The van der Waals surface area contributed by atoms with E-state index in [0.29, 0.717) is 17.4 Å². The molecule has 0 unspecified atom stereocenters. The lowest BCUT2D eigenvalue weighted by molar-refractivity contribution is -0.121. The van der Waals surface area contributed by atoms with E-state index in [2.05, 4.69) is 15.6 Å². The van der Waals surface area contributed by atoms with Crippen LogP contribution in [0.4, 0.5) is 0 Å². The van der Waals surface area contributed by atoms with Crippen LogP contribution >= 0.6 is 0 Å². The van der Waals surface area contributed by atoms with Gasteiger partial charge in [-0.25, -0.2) is 4.68 Å². The molecule has 0 saturated carbocycles. The van der Waals surface area contributed by atoms with Crippen molar-refractivity contribution < 1.29 is 4.79 Å². The summed E-state index contributed by atoms with van der Waals surface area (Å²) in [6.45, 7) is 0.867. The maximum absolute atomic E-state index is 12.2. The highest BCUT2D eigenvalue weighted by atomic mass is 16.2. The van der Waals surface area contributed by atoms with Crippen molar-refractivity contribution in [1.82, 2.24) is 24.9 Å². The van der Waals surface area contributed by atoms with E-state index in [1.54, 1.807) is 22.8 Å². The number of nitrogens with zero attached hydrogens (tertiary/aromatic N) is 4. The zero-order valence-electron chi connectivity index (χ0n) is 11.8. The lowest BCUT2D eigenvalue weighted by Crippen LogP contribution is -2.34. The first kappa shape index (κ1) is 14.0. The van der Waals surface area contributed by atoms with E-state index in [-0.39, 0.29) is 24.6 Å². The number of hydrogen-bond donors (Lipinski definition) is 1. The first-order valence-electron chi connectivity index (χ1n) is 6.94. The van der Waals surface area contributed by atoms with Gasteiger partial charge in [0, 0.05) is 18.9 Å². The summed E-state index contributed by atoms with van der Waals surface area (Å²) in [5.74, 6) is -0.113. The summed E-state index contributed by atoms with van der Waals surface area (Å²) in [5, 5.41) is 11.2. The van der Waals surface area contributed by atoms with Gasteiger partial charge in [-0.1, -0.05) is 17.3 Å². The third kappa shape index (κ3) is 3.03. The molecule has 0 aliphatic heterocycles. The molecular formula is C15H15N5O2. The van der Waals surface area contributed by atoms with Crippen LogP contribution in [-0.2, 0) is 17.9 Å². The maximum atomic E-state index is 12.2. The molecule has 1 aromatic carbocycles. The Morgan fingerprint density at radius 1 is 1.14 bits per heavy atom. The van der Waals surface area contributed by atoms with Gasteiger partial charge in [-0.3, -0.25) is 9.59 Å². The average Bonchev–Trinajstić information content (AvgIpc) is 3.03. The van der Waals surface area contributed by atoms with Gasteiger partial charge >= 0.3 is 0 Å². The van der Waals surface area contributed by atoms with Gasteiger partial charge in [0.25, 0.3) is 5.56 Å². The van der Waals surface area contributed by atoms with Crippen molar-refractivity contribution in [2.24, 2.45) is 0 Å². The Hall–Kier alpha value is -2.96. The Morgan fingerprint density at radius 3 is 2.73 bits per heavy atom. The van der Waals surface area contributed by atoms with E-state index in [0.717, 1.165) is 0 Å². The minimum Gasteiger partial charge on any atom is -0.353 e. The van der Waals surface area contributed by atoms with Gasteiger partial charge in [-0.05, 0) is 24.3 Å². The molecule has 2 heterocycles. The molecule has 0 atom stereocenters. The quantitative estimate of drug-likeness (QED) is 0.739. The zero-order valence-corrected chi connectivity index (χ0v) is 11.8. The van der Waals surface area contributed by atoms with Gasteiger partial charge in [0.05, 0.1) is 11.9 Å². The molecule has 2 aromatic heterocycles. The van der Waals surface area contributed by atoms with Crippen molar-refractivity contribution >= 4 is 16.8 Å². The van der Waals surface area contributed by atoms with Crippen LogP contribution in [-0.4, -0.2) is 32.0 Å². The van der Waals surface area contributed by atoms with Gasteiger partial charge in [0.2, 0.25) is 5.91 Å². The number of aromatic nitrogens is 4. The molecule has 0 radical (unpaired) electrons. The molecule has 112 valence electrons. The van der Waals surface area contributed by atoms with Gasteiger partial charge in [-0.15, -0.1) is 5.10 Å². The molecule has 0 bridgehead atoms. The highest BCUT2D eigenvalue weighted by Crippen LogP contribution is 2.02. The molecule has 22 heavy (non-hydrogen) atoms. The molecule has 0 aliphatic rings. The smallest absolute Gasteiger partial charge is 0.277 e. The fourth-order valence-electron chi connectivity index (χ4n) is 2.17. The number of carbonyl (C=O) groups is 1. The number of amides is 1. The molecule has 0 saturated heterocycles. The third-order valence-corrected chi connectivity index (χ3v) is 3.27. The summed E-state index contributed by atoms with van der Waals surface area (Å²) in [4.78, 5) is 23.9. The fraction of sp³-hybridized carbons (Fsp3) is 0.200. The number of hydrogen-bond acceptors (Lipinski definition) is 4. The fourth-order valence-corrected chi connectivity index (χ4v) is 2.17. The lowest BCUT2D eigenvalue weighted by atomic mass is 10.2. The Morgan fingerprint density at radius 2 is 1.91 bits per heavy atom. The van der Waals surface area contributed by atoms with Crippen LogP contribution in [0.15, 0.2) is 53.6 Å². The number of benzene rings is 1. The molecule has 7 nitrogen and oxygen atoms in total. The van der Waals surface area contributed by atoms with Crippen molar-refractivity contribution in [3.8, 4) is 0 Å². The standard InChI is InChI=1S/C15H15N5O2/c21-14(11-19-8-3-4-9-19)16-7-10-20-15(22)12-5-1-2-6-13(12)17-18-20/h1-6,8-9H,7,10-11H2,(H,16,21). The Bertz CT molecular complexity index is 839. The Kier molecular flexibility index (Phi) is 3.95. The molecule has 1 amide bonds. The maximum Gasteiger partial charge on any atom is 0.277 e. The van der Waals surface area contributed by atoms with Crippen LogP contribution in [0.1, 0.15) is 0 Å². The highest BCUT2D eigenvalue weighted by molar-refractivity contribution is 5.76.